The third-order valence-corrected chi connectivity index (χ3v) is 4.00. The summed E-state index contributed by atoms with van der Waals surface area (Å²) in [6.45, 7) is 11.5. The summed E-state index contributed by atoms with van der Waals surface area (Å²) in [5.74, 6) is -0.377. The topological polar surface area (TPSA) is 179 Å². The van der Waals surface area contributed by atoms with Crippen molar-refractivity contribution in [2.75, 3.05) is 13.2 Å². The highest BCUT2D eigenvalue weighted by molar-refractivity contribution is 7.79. The van der Waals surface area contributed by atoms with Gasteiger partial charge in [-0.15, -0.1) is 13.2 Å². The lowest BCUT2D eigenvalue weighted by Crippen LogP contribution is -2.36. The van der Waals surface area contributed by atoms with Crippen LogP contribution in [0.15, 0.2) is 25.3 Å². The molecule has 0 radical (unpaired) electrons. The van der Waals surface area contributed by atoms with Crippen molar-refractivity contribution in [1.29, 1.82) is 0 Å². The molecule has 0 saturated heterocycles. The smallest absolute Gasteiger partial charge is 0.394 e. The van der Waals surface area contributed by atoms with Crippen molar-refractivity contribution in [2.24, 2.45) is 23.3 Å². The molecule has 2 fully saturated rings. The van der Waals surface area contributed by atoms with Crippen molar-refractivity contribution in [1.82, 2.24) is 0 Å². The van der Waals surface area contributed by atoms with Crippen molar-refractivity contribution < 1.29 is 36.6 Å². The Hall–Kier alpha value is -1.79. The van der Waals surface area contributed by atoms with Crippen LogP contribution in [0.5, 0.6) is 0 Å². The van der Waals surface area contributed by atoms with Crippen LogP contribution in [0, 0.1) is 11.8 Å². The molecule has 0 aromatic carbocycles. The van der Waals surface area contributed by atoms with E-state index in [1.165, 1.54) is 0 Å². The van der Waals surface area contributed by atoms with E-state index in [4.69, 9.17) is 38.5 Å². The van der Waals surface area contributed by atoms with E-state index in [2.05, 4.69) is 13.2 Å². The molecule has 2 aliphatic rings. The summed E-state index contributed by atoms with van der Waals surface area (Å²) in [5, 5.41) is 0. The fraction of sp³-hybridized carbons (Fsp3) is 0.625. The van der Waals surface area contributed by atoms with E-state index in [0.29, 0.717) is 26.1 Å². The largest absolute Gasteiger partial charge is 0.465 e. The van der Waals surface area contributed by atoms with Gasteiger partial charge in [-0.25, -0.2) is 0 Å². The normalized spacial score (nSPS) is 30.3. The summed E-state index contributed by atoms with van der Waals surface area (Å²) < 4.78 is 41.2. The van der Waals surface area contributed by atoms with Crippen LogP contribution in [0.2, 0.25) is 0 Å². The highest BCUT2D eigenvalue weighted by Gasteiger charge is 2.57. The number of esters is 2. The zero-order valence-corrected chi connectivity index (χ0v) is 16.3. The van der Waals surface area contributed by atoms with Gasteiger partial charge in [0.15, 0.2) is 0 Å². The number of ether oxygens (including phenoxy) is 2. The van der Waals surface area contributed by atoms with E-state index < -0.39 is 21.5 Å². The first-order chi connectivity index (χ1) is 12.3. The number of rotatable bonds is 6. The zero-order valence-electron chi connectivity index (χ0n) is 15.5. The molecular formula is C16H28N2O8S. The van der Waals surface area contributed by atoms with Gasteiger partial charge in [0.1, 0.15) is 11.1 Å². The quantitative estimate of drug-likeness (QED) is 0.270. The fourth-order valence-corrected chi connectivity index (χ4v) is 2.20. The second kappa shape index (κ2) is 9.95. The Balaban J connectivity index is 0.000000405. The molecule has 10 nitrogen and oxygen atoms in total. The third-order valence-electron chi connectivity index (χ3n) is 4.00. The molecule has 2 rings (SSSR count). The Labute approximate surface area is 159 Å². The molecular weight excluding hydrogens is 380 g/mol. The predicted octanol–water partition coefficient (Wildman–Crippen LogP) is 0.253. The third kappa shape index (κ3) is 8.18. The van der Waals surface area contributed by atoms with Gasteiger partial charge in [-0.3, -0.25) is 18.7 Å². The zero-order chi connectivity index (χ0) is 21.5. The minimum Gasteiger partial charge on any atom is -0.465 e. The van der Waals surface area contributed by atoms with E-state index in [1.54, 1.807) is 26.0 Å². The average molecular weight is 408 g/mol. The van der Waals surface area contributed by atoms with Crippen LogP contribution in [0.3, 0.4) is 0 Å². The summed E-state index contributed by atoms with van der Waals surface area (Å²) >= 11 is 0. The van der Waals surface area contributed by atoms with Crippen LogP contribution in [0.1, 0.15) is 26.7 Å². The maximum atomic E-state index is 11.1. The first-order valence-corrected chi connectivity index (χ1v) is 9.56. The lowest BCUT2D eigenvalue weighted by Gasteiger charge is -2.07. The molecule has 0 aromatic rings. The van der Waals surface area contributed by atoms with Crippen molar-refractivity contribution in [3.05, 3.63) is 25.3 Å². The molecule has 2 saturated carbocycles. The van der Waals surface area contributed by atoms with Gasteiger partial charge in [-0.1, -0.05) is 12.2 Å². The van der Waals surface area contributed by atoms with Crippen LogP contribution in [0.25, 0.3) is 0 Å². The minimum atomic E-state index is -4.67. The lowest BCUT2D eigenvalue weighted by atomic mass is 10.2. The Kier molecular flexibility index (Phi) is 9.29. The van der Waals surface area contributed by atoms with E-state index in [9.17, 15) is 9.59 Å². The van der Waals surface area contributed by atoms with E-state index in [-0.39, 0.29) is 23.8 Å². The maximum absolute atomic E-state index is 11.1. The minimum absolute atomic E-state index is 0.113. The Morgan fingerprint density at radius 3 is 1.41 bits per heavy atom. The Morgan fingerprint density at radius 2 is 1.26 bits per heavy atom. The molecule has 11 heteroatoms. The molecule has 0 spiro atoms. The molecule has 0 amide bonds. The average Bonchev–Trinajstić information content (AvgIpc) is 3.43. The van der Waals surface area contributed by atoms with E-state index in [1.807, 2.05) is 0 Å². The van der Waals surface area contributed by atoms with Gasteiger partial charge in [0.2, 0.25) is 0 Å². The van der Waals surface area contributed by atoms with Crippen LogP contribution in [-0.2, 0) is 29.5 Å². The molecule has 0 bridgehead atoms. The van der Waals surface area contributed by atoms with Gasteiger partial charge in [-0.05, 0) is 26.7 Å². The summed E-state index contributed by atoms with van der Waals surface area (Å²) in [5.41, 5.74) is 9.87. The van der Waals surface area contributed by atoms with Crippen molar-refractivity contribution in [2.45, 2.75) is 37.8 Å². The maximum Gasteiger partial charge on any atom is 0.394 e. The molecule has 0 heterocycles. The molecule has 2 aliphatic carbocycles. The molecule has 4 unspecified atom stereocenters. The molecule has 27 heavy (non-hydrogen) atoms. The monoisotopic (exact) mass is 408 g/mol. The lowest BCUT2D eigenvalue weighted by molar-refractivity contribution is -0.146. The number of hydrogen-bond acceptors (Lipinski definition) is 8. The number of carbonyl (C=O) groups is 2. The van der Waals surface area contributed by atoms with E-state index in [0.717, 1.165) is 0 Å². The van der Waals surface area contributed by atoms with Gasteiger partial charge >= 0.3 is 22.3 Å². The predicted molar refractivity (Wildman–Crippen MR) is 97.9 cm³/mol. The van der Waals surface area contributed by atoms with Crippen LogP contribution in [0.4, 0.5) is 0 Å². The molecule has 156 valence electrons. The van der Waals surface area contributed by atoms with Gasteiger partial charge in [0, 0.05) is 11.8 Å². The van der Waals surface area contributed by atoms with Gasteiger partial charge in [0.05, 0.1) is 13.2 Å². The van der Waals surface area contributed by atoms with Gasteiger partial charge in [-0.2, -0.15) is 8.42 Å². The molecule has 0 aliphatic heterocycles. The molecule has 0 aromatic heterocycles. The highest BCUT2D eigenvalue weighted by Crippen LogP contribution is 2.43. The van der Waals surface area contributed by atoms with Crippen molar-refractivity contribution in [3.8, 4) is 0 Å². The second-order valence-electron chi connectivity index (χ2n) is 6.06. The number of nitrogens with two attached hydrogens (primary N) is 2. The van der Waals surface area contributed by atoms with Crippen LogP contribution < -0.4 is 11.5 Å². The fourth-order valence-electron chi connectivity index (χ4n) is 2.20. The van der Waals surface area contributed by atoms with Crippen LogP contribution in [-0.4, -0.2) is 53.8 Å². The first-order valence-electron chi connectivity index (χ1n) is 8.17. The van der Waals surface area contributed by atoms with Crippen molar-refractivity contribution in [3.63, 3.8) is 0 Å². The van der Waals surface area contributed by atoms with Crippen molar-refractivity contribution >= 4 is 22.3 Å². The highest BCUT2D eigenvalue weighted by atomic mass is 32.3. The molecule has 4 atom stereocenters. The van der Waals surface area contributed by atoms with Crippen LogP contribution >= 0.6 is 0 Å². The van der Waals surface area contributed by atoms with E-state index >= 15 is 0 Å². The summed E-state index contributed by atoms with van der Waals surface area (Å²) in [4.78, 5) is 22.2. The SMILES string of the molecule is C=CC1CC1(N)C(=O)OCC.C=CC1CC1(N)C(=O)OCC.O=S(=O)(O)O. The standard InChI is InChI=1S/2C8H13NO2.H2O4S/c2*1-3-6-5-8(6,9)7(10)11-4-2;1-5(2,3)4/h2*3,6H,1,4-5,9H2,2H3;(H2,1,2,3,4). The summed E-state index contributed by atoms with van der Waals surface area (Å²) in [6, 6.07) is 0. The molecule has 6 N–H and O–H groups in total. The summed E-state index contributed by atoms with van der Waals surface area (Å²) in [7, 11) is -4.67. The van der Waals surface area contributed by atoms with Gasteiger partial charge < -0.3 is 20.9 Å². The Morgan fingerprint density at radius 1 is 1.00 bits per heavy atom. The summed E-state index contributed by atoms with van der Waals surface area (Å²) in [6.07, 6.45) is 4.76. The first kappa shape index (κ1) is 25.2. The number of hydrogen-bond donors (Lipinski definition) is 4. The van der Waals surface area contributed by atoms with Gasteiger partial charge in [0.25, 0.3) is 0 Å². The second-order valence-corrected chi connectivity index (χ2v) is 6.96. The Bertz CT molecular complexity index is 615. The number of carbonyl (C=O) groups excluding carboxylic acids is 2.